The Labute approximate surface area is 162 Å². The summed E-state index contributed by atoms with van der Waals surface area (Å²) in [6, 6.07) is 8.13. The molecule has 0 radical (unpaired) electrons. The molecule has 4 heterocycles. The van der Waals surface area contributed by atoms with Gasteiger partial charge in [-0.2, -0.15) is 10.1 Å². The van der Waals surface area contributed by atoms with Crippen LogP contribution < -0.4 is 10.6 Å². The van der Waals surface area contributed by atoms with Crippen molar-refractivity contribution in [3.8, 4) is 11.3 Å². The van der Waals surface area contributed by atoms with Gasteiger partial charge in [0.1, 0.15) is 5.82 Å². The highest BCUT2D eigenvalue weighted by molar-refractivity contribution is 5.74. The Hall–Kier alpha value is -3.42. The molecule has 0 amide bonds. The van der Waals surface area contributed by atoms with Crippen molar-refractivity contribution in [2.45, 2.75) is 25.2 Å². The molecule has 0 aliphatic heterocycles. The number of nitrogens with two attached hydrogens (primary N) is 1. The molecule has 4 aromatic heterocycles. The van der Waals surface area contributed by atoms with Crippen LogP contribution in [-0.2, 0) is 6.42 Å². The summed E-state index contributed by atoms with van der Waals surface area (Å²) in [6.45, 7) is 0.746. The molecule has 0 spiro atoms. The molecule has 0 saturated heterocycles. The van der Waals surface area contributed by atoms with E-state index in [2.05, 4.69) is 42.3 Å². The lowest BCUT2D eigenvalue weighted by Crippen LogP contribution is -2.23. The molecule has 4 N–H and O–H groups in total. The molecule has 5 rings (SSSR count). The SMILES string of the molecule is CN(CCc1ccc2[nH]ccc2n1)c1ncc(-c2cc(C3CC3)[nH]n2)c(N)n1. The molecule has 1 fully saturated rings. The first-order valence-corrected chi connectivity index (χ1v) is 9.50. The highest BCUT2D eigenvalue weighted by atomic mass is 15.2. The van der Waals surface area contributed by atoms with Crippen molar-refractivity contribution in [2.75, 3.05) is 24.2 Å². The van der Waals surface area contributed by atoms with E-state index >= 15 is 0 Å². The molecule has 142 valence electrons. The van der Waals surface area contributed by atoms with Gasteiger partial charge < -0.3 is 15.6 Å². The molecule has 4 aromatic rings. The molecular weight excluding hydrogens is 352 g/mol. The van der Waals surface area contributed by atoms with Crippen LogP contribution in [0, 0.1) is 0 Å². The van der Waals surface area contributed by atoms with Gasteiger partial charge in [0.25, 0.3) is 0 Å². The van der Waals surface area contributed by atoms with Crippen LogP contribution in [0.25, 0.3) is 22.3 Å². The fraction of sp³-hybridized carbons (Fsp3) is 0.300. The molecule has 0 atom stereocenters. The topological polar surface area (TPSA) is 112 Å². The molecule has 1 saturated carbocycles. The summed E-state index contributed by atoms with van der Waals surface area (Å²) >= 11 is 0. The summed E-state index contributed by atoms with van der Waals surface area (Å²) in [7, 11) is 1.96. The van der Waals surface area contributed by atoms with Gasteiger partial charge in [-0.15, -0.1) is 0 Å². The van der Waals surface area contributed by atoms with E-state index in [9.17, 15) is 0 Å². The van der Waals surface area contributed by atoms with Crippen molar-refractivity contribution in [3.63, 3.8) is 0 Å². The molecule has 0 bridgehead atoms. The monoisotopic (exact) mass is 374 g/mol. The Morgan fingerprint density at radius 1 is 1.21 bits per heavy atom. The minimum absolute atomic E-state index is 0.442. The van der Waals surface area contributed by atoms with Crippen LogP contribution in [0.2, 0.25) is 0 Å². The van der Waals surface area contributed by atoms with E-state index in [1.165, 1.54) is 18.5 Å². The van der Waals surface area contributed by atoms with Gasteiger partial charge in [0.15, 0.2) is 0 Å². The van der Waals surface area contributed by atoms with E-state index in [1.807, 2.05) is 30.3 Å². The van der Waals surface area contributed by atoms with Gasteiger partial charge in [-0.3, -0.25) is 10.1 Å². The number of nitrogens with zero attached hydrogens (tertiary/aromatic N) is 5. The number of nitrogens with one attached hydrogen (secondary N) is 2. The number of H-pyrrole nitrogens is 2. The lowest BCUT2D eigenvalue weighted by atomic mass is 10.2. The predicted molar refractivity (Wildman–Crippen MR) is 109 cm³/mol. The van der Waals surface area contributed by atoms with Gasteiger partial charge in [-0.1, -0.05) is 0 Å². The number of hydrogen-bond acceptors (Lipinski definition) is 6. The largest absolute Gasteiger partial charge is 0.383 e. The summed E-state index contributed by atoms with van der Waals surface area (Å²) in [6.07, 6.45) is 6.91. The standard InChI is InChI=1S/C20H22N8/c1-28(9-7-13-4-5-15-16(24-13)6-8-22-15)20-23-11-14(19(21)25-20)18-10-17(26-27-18)12-2-3-12/h4-6,8,10-12,22H,2-3,7,9H2,1H3,(H,26,27)(H2,21,23,25). The van der Waals surface area contributed by atoms with Crippen molar-refractivity contribution in [3.05, 3.63) is 48.0 Å². The van der Waals surface area contributed by atoms with Gasteiger partial charge in [0, 0.05) is 49.7 Å². The lowest BCUT2D eigenvalue weighted by molar-refractivity contribution is 0.825. The highest BCUT2D eigenvalue weighted by Gasteiger charge is 2.26. The zero-order chi connectivity index (χ0) is 19.1. The van der Waals surface area contributed by atoms with Gasteiger partial charge >= 0.3 is 0 Å². The Morgan fingerprint density at radius 3 is 2.93 bits per heavy atom. The van der Waals surface area contributed by atoms with Crippen LogP contribution in [0.3, 0.4) is 0 Å². The highest BCUT2D eigenvalue weighted by Crippen LogP contribution is 2.40. The Kier molecular flexibility index (Phi) is 3.96. The third-order valence-corrected chi connectivity index (χ3v) is 5.20. The molecular formula is C20H22N8. The molecule has 8 nitrogen and oxygen atoms in total. The second-order valence-electron chi connectivity index (χ2n) is 7.34. The molecule has 28 heavy (non-hydrogen) atoms. The minimum atomic E-state index is 0.442. The zero-order valence-electron chi connectivity index (χ0n) is 15.7. The predicted octanol–water partition coefficient (Wildman–Crippen LogP) is 2.88. The third kappa shape index (κ3) is 3.17. The Morgan fingerprint density at radius 2 is 2.11 bits per heavy atom. The molecule has 1 aliphatic carbocycles. The van der Waals surface area contributed by atoms with Gasteiger partial charge in [0.05, 0.1) is 22.3 Å². The molecule has 8 heteroatoms. The zero-order valence-corrected chi connectivity index (χ0v) is 15.7. The van der Waals surface area contributed by atoms with E-state index in [1.54, 1.807) is 6.20 Å². The van der Waals surface area contributed by atoms with Gasteiger partial charge in [-0.25, -0.2) is 4.98 Å². The maximum absolute atomic E-state index is 6.20. The number of rotatable bonds is 6. The van der Waals surface area contributed by atoms with Crippen molar-refractivity contribution < 1.29 is 0 Å². The first-order valence-electron chi connectivity index (χ1n) is 9.50. The third-order valence-electron chi connectivity index (χ3n) is 5.20. The first-order chi connectivity index (χ1) is 13.7. The Bertz CT molecular complexity index is 1120. The van der Waals surface area contributed by atoms with Gasteiger partial charge in [-0.05, 0) is 37.1 Å². The summed E-state index contributed by atoms with van der Waals surface area (Å²) in [5, 5.41) is 7.47. The van der Waals surface area contributed by atoms with Crippen molar-refractivity contribution >= 4 is 22.8 Å². The smallest absolute Gasteiger partial charge is 0.227 e. The number of aromatic amines is 2. The van der Waals surface area contributed by atoms with Crippen LogP contribution in [-0.4, -0.2) is 43.7 Å². The van der Waals surface area contributed by atoms with Gasteiger partial charge in [0.2, 0.25) is 5.95 Å². The average Bonchev–Trinajstić information content (AvgIpc) is 3.25. The number of pyridine rings is 1. The Balaban J connectivity index is 1.28. The molecule has 0 aromatic carbocycles. The quantitative estimate of drug-likeness (QED) is 0.478. The number of anilines is 2. The second kappa shape index (κ2) is 6.63. The summed E-state index contributed by atoms with van der Waals surface area (Å²) in [5.41, 5.74) is 12.0. The number of likely N-dealkylation sites (N-methyl/N-ethyl adjacent to an activating group) is 1. The summed E-state index contributed by atoms with van der Waals surface area (Å²) in [5.74, 6) is 1.66. The average molecular weight is 374 g/mol. The maximum atomic E-state index is 6.20. The van der Waals surface area contributed by atoms with E-state index < -0.39 is 0 Å². The van der Waals surface area contributed by atoms with Crippen LogP contribution >= 0.6 is 0 Å². The fourth-order valence-corrected chi connectivity index (χ4v) is 3.34. The molecule has 1 aliphatic rings. The number of hydrogen-bond donors (Lipinski definition) is 3. The van der Waals surface area contributed by atoms with E-state index in [0.29, 0.717) is 17.7 Å². The number of nitrogen functional groups attached to an aromatic ring is 1. The van der Waals surface area contributed by atoms with E-state index in [4.69, 9.17) is 5.73 Å². The summed E-state index contributed by atoms with van der Waals surface area (Å²) in [4.78, 5) is 18.8. The minimum Gasteiger partial charge on any atom is -0.383 e. The fourth-order valence-electron chi connectivity index (χ4n) is 3.34. The van der Waals surface area contributed by atoms with Crippen molar-refractivity contribution in [1.29, 1.82) is 0 Å². The lowest BCUT2D eigenvalue weighted by Gasteiger charge is -2.17. The maximum Gasteiger partial charge on any atom is 0.227 e. The van der Waals surface area contributed by atoms with E-state index in [0.717, 1.165) is 41.0 Å². The van der Waals surface area contributed by atoms with E-state index in [-0.39, 0.29) is 0 Å². The van der Waals surface area contributed by atoms with Crippen molar-refractivity contribution in [2.24, 2.45) is 0 Å². The first kappa shape index (κ1) is 16.7. The van der Waals surface area contributed by atoms with Crippen LogP contribution in [0.5, 0.6) is 0 Å². The molecule has 0 unspecified atom stereocenters. The number of fused-ring (bicyclic) bond motifs is 1. The second-order valence-corrected chi connectivity index (χ2v) is 7.34. The van der Waals surface area contributed by atoms with Crippen LogP contribution in [0.15, 0.2) is 36.7 Å². The number of aromatic nitrogens is 6. The van der Waals surface area contributed by atoms with Crippen LogP contribution in [0.1, 0.15) is 30.1 Å². The van der Waals surface area contributed by atoms with Crippen LogP contribution in [0.4, 0.5) is 11.8 Å². The summed E-state index contributed by atoms with van der Waals surface area (Å²) < 4.78 is 0. The van der Waals surface area contributed by atoms with Crippen molar-refractivity contribution in [1.82, 2.24) is 30.1 Å². The normalized spacial score (nSPS) is 13.9.